The number of alkyl carbamates (subject to hydrolysis) is 1. The number of hydrogen-bond acceptors (Lipinski definition) is 5. The number of methoxy groups -OCH3 is 1. The van der Waals surface area contributed by atoms with Crippen molar-refractivity contribution in [3.63, 3.8) is 0 Å². The molecule has 0 bridgehead atoms. The number of carbonyl (C=O) groups is 2. The Bertz CT molecular complexity index is 258. The van der Waals surface area contributed by atoms with E-state index in [4.69, 9.17) is 10.5 Å². The van der Waals surface area contributed by atoms with Gasteiger partial charge < -0.3 is 20.5 Å². The first kappa shape index (κ1) is 14.7. The Morgan fingerprint density at radius 2 is 1.81 bits per heavy atom. The van der Waals surface area contributed by atoms with Crippen LogP contribution in [0, 0.1) is 0 Å². The van der Waals surface area contributed by atoms with Crippen molar-refractivity contribution in [2.24, 2.45) is 5.73 Å². The van der Waals surface area contributed by atoms with Crippen LogP contribution in [0.1, 0.15) is 27.7 Å². The van der Waals surface area contributed by atoms with Crippen molar-refractivity contribution >= 4 is 12.1 Å². The topological polar surface area (TPSA) is 90.6 Å². The molecular formula is C10H20N2O4. The summed E-state index contributed by atoms with van der Waals surface area (Å²) in [7, 11) is 1.23. The van der Waals surface area contributed by atoms with Gasteiger partial charge in [0.2, 0.25) is 0 Å². The van der Waals surface area contributed by atoms with E-state index in [1.54, 1.807) is 27.7 Å². The van der Waals surface area contributed by atoms with Crippen LogP contribution < -0.4 is 11.1 Å². The Morgan fingerprint density at radius 3 is 2.12 bits per heavy atom. The fourth-order valence-electron chi connectivity index (χ4n) is 0.967. The maximum absolute atomic E-state index is 11.4. The summed E-state index contributed by atoms with van der Waals surface area (Å²) in [5.74, 6) is -0.596. The second kappa shape index (κ2) is 5.69. The largest absolute Gasteiger partial charge is 0.467 e. The summed E-state index contributed by atoms with van der Waals surface area (Å²) in [6.45, 7) is 6.78. The Labute approximate surface area is 95.5 Å². The first-order valence-electron chi connectivity index (χ1n) is 5.00. The highest BCUT2D eigenvalue weighted by molar-refractivity contribution is 5.82. The second-order valence-corrected chi connectivity index (χ2v) is 4.51. The standard InChI is InChI=1S/C10H20N2O4/c1-6(11)7(8(13)15-5)12-9(14)16-10(2,3)4/h6-7H,11H2,1-5H3,(H,12,14)/t6-,7-/m0/s1. The molecule has 6 nitrogen and oxygen atoms in total. The minimum Gasteiger partial charge on any atom is -0.467 e. The minimum atomic E-state index is -0.903. The number of ether oxygens (including phenoxy) is 2. The molecular weight excluding hydrogens is 212 g/mol. The summed E-state index contributed by atoms with van der Waals surface area (Å²) in [5, 5.41) is 2.36. The van der Waals surface area contributed by atoms with E-state index < -0.39 is 29.7 Å². The van der Waals surface area contributed by atoms with Gasteiger partial charge in [-0.2, -0.15) is 0 Å². The van der Waals surface area contributed by atoms with Crippen LogP contribution in [0.2, 0.25) is 0 Å². The quantitative estimate of drug-likeness (QED) is 0.687. The number of hydrogen-bond donors (Lipinski definition) is 2. The molecule has 3 N–H and O–H groups in total. The molecule has 0 aromatic rings. The zero-order valence-electron chi connectivity index (χ0n) is 10.4. The summed E-state index contributed by atoms with van der Waals surface area (Å²) in [6.07, 6.45) is -0.694. The van der Waals surface area contributed by atoms with E-state index in [2.05, 4.69) is 10.1 Å². The van der Waals surface area contributed by atoms with E-state index in [0.717, 1.165) is 0 Å². The zero-order chi connectivity index (χ0) is 12.9. The summed E-state index contributed by atoms with van der Waals surface area (Å²) in [4.78, 5) is 22.7. The monoisotopic (exact) mass is 232 g/mol. The molecule has 0 aromatic carbocycles. The smallest absolute Gasteiger partial charge is 0.408 e. The Hall–Kier alpha value is -1.30. The summed E-state index contributed by atoms with van der Waals surface area (Å²) in [6, 6.07) is -1.46. The van der Waals surface area contributed by atoms with Crippen molar-refractivity contribution in [3.05, 3.63) is 0 Å². The third kappa shape index (κ3) is 5.55. The molecule has 0 saturated heterocycles. The Kier molecular flexibility index (Phi) is 5.23. The van der Waals surface area contributed by atoms with Gasteiger partial charge >= 0.3 is 12.1 Å². The van der Waals surface area contributed by atoms with Crippen LogP contribution in [-0.4, -0.2) is 36.9 Å². The SMILES string of the molecule is COC(=O)[C@@H](NC(=O)OC(C)(C)C)[C@H](C)N. The van der Waals surface area contributed by atoms with Crippen molar-refractivity contribution in [1.29, 1.82) is 0 Å². The lowest BCUT2D eigenvalue weighted by atomic mass is 10.1. The molecule has 0 heterocycles. The van der Waals surface area contributed by atoms with Gasteiger partial charge in [-0.1, -0.05) is 0 Å². The van der Waals surface area contributed by atoms with Crippen molar-refractivity contribution in [2.75, 3.05) is 7.11 Å². The van der Waals surface area contributed by atoms with Crippen LogP contribution in [0.25, 0.3) is 0 Å². The van der Waals surface area contributed by atoms with Gasteiger partial charge in [0.1, 0.15) is 11.6 Å². The lowest BCUT2D eigenvalue weighted by Crippen LogP contribution is -2.52. The molecule has 0 aliphatic heterocycles. The maximum Gasteiger partial charge on any atom is 0.408 e. The van der Waals surface area contributed by atoms with Gasteiger partial charge in [0.25, 0.3) is 0 Å². The summed E-state index contributed by atoms with van der Waals surface area (Å²) in [5.41, 5.74) is 4.93. The molecule has 0 fully saturated rings. The van der Waals surface area contributed by atoms with Gasteiger partial charge in [-0.15, -0.1) is 0 Å². The molecule has 94 valence electrons. The molecule has 0 aromatic heterocycles. The molecule has 0 spiro atoms. The van der Waals surface area contributed by atoms with Gasteiger partial charge in [-0.05, 0) is 27.7 Å². The highest BCUT2D eigenvalue weighted by Crippen LogP contribution is 2.07. The number of rotatable bonds is 3. The van der Waals surface area contributed by atoms with Crippen molar-refractivity contribution in [1.82, 2.24) is 5.32 Å². The third-order valence-electron chi connectivity index (χ3n) is 1.65. The molecule has 0 rings (SSSR count). The highest BCUT2D eigenvalue weighted by Gasteiger charge is 2.27. The van der Waals surface area contributed by atoms with Crippen molar-refractivity contribution in [3.8, 4) is 0 Å². The maximum atomic E-state index is 11.4. The lowest BCUT2D eigenvalue weighted by Gasteiger charge is -2.24. The van der Waals surface area contributed by atoms with Crippen molar-refractivity contribution in [2.45, 2.75) is 45.4 Å². The normalized spacial score (nSPS) is 14.9. The molecule has 16 heavy (non-hydrogen) atoms. The van der Waals surface area contributed by atoms with Gasteiger partial charge in [0.15, 0.2) is 0 Å². The molecule has 6 heteroatoms. The molecule has 0 aliphatic rings. The summed E-state index contributed by atoms with van der Waals surface area (Å²) < 4.78 is 9.52. The number of esters is 1. The number of amides is 1. The fourth-order valence-corrected chi connectivity index (χ4v) is 0.967. The molecule has 2 atom stereocenters. The number of nitrogens with one attached hydrogen (secondary N) is 1. The first-order chi connectivity index (χ1) is 7.17. The number of nitrogens with two attached hydrogens (primary N) is 1. The molecule has 0 unspecified atom stereocenters. The van der Waals surface area contributed by atoms with E-state index >= 15 is 0 Å². The minimum absolute atomic E-state index is 0.556. The Morgan fingerprint density at radius 1 is 1.31 bits per heavy atom. The van der Waals surface area contributed by atoms with Crippen molar-refractivity contribution < 1.29 is 19.1 Å². The molecule has 0 saturated carbocycles. The van der Waals surface area contributed by atoms with Gasteiger partial charge in [-0.3, -0.25) is 0 Å². The van der Waals surface area contributed by atoms with Crippen LogP contribution in [0.5, 0.6) is 0 Å². The van der Waals surface area contributed by atoms with Crippen LogP contribution in [-0.2, 0) is 14.3 Å². The average molecular weight is 232 g/mol. The summed E-state index contributed by atoms with van der Waals surface area (Å²) >= 11 is 0. The van der Waals surface area contributed by atoms with Crippen LogP contribution in [0.15, 0.2) is 0 Å². The highest BCUT2D eigenvalue weighted by atomic mass is 16.6. The third-order valence-corrected chi connectivity index (χ3v) is 1.65. The zero-order valence-corrected chi connectivity index (χ0v) is 10.4. The predicted octanol–water partition coefficient (Wildman–Crippen LogP) is 0.400. The average Bonchev–Trinajstić information content (AvgIpc) is 2.09. The van der Waals surface area contributed by atoms with Gasteiger partial charge in [0, 0.05) is 6.04 Å². The van der Waals surface area contributed by atoms with Crippen LogP contribution in [0.3, 0.4) is 0 Å². The van der Waals surface area contributed by atoms with E-state index in [1.807, 2.05) is 0 Å². The second-order valence-electron chi connectivity index (χ2n) is 4.51. The number of carbonyl (C=O) groups excluding carboxylic acids is 2. The van der Waals surface area contributed by atoms with E-state index in [0.29, 0.717) is 0 Å². The van der Waals surface area contributed by atoms with Crippen LogP contribution in [0.4, 0.5) is 4.79 Å². The van der Waals surface area contributed by atoms with Gasteiger partial charge in [0.05, 0.1) is 7.11 Å². The molecule has 1 amide bonds. The van der Waals surface area contributed by atoms with E-state index in [9.17, 15) is 9.59 Å². The molecule has 0 aliphatic carbocycles. The Balaban J connectivity index is 4.42. The lowest BCUT2D eigenvalue weighted by molar-refractivity contribution is -0.143. The van der Waals surface area contributed by atoms with E-state index in [-0.39, 0.29) is 0 Å². The van der Waals surface area contributed by atoms with Gasteiger partial charge in [-0.25, -0.2) is 9.59 Å². The van der Waals surface area contributed by atoms with Crippen LogP contribution >= 0.6 is 0 Å². The first-order valence-corrected chi connectivity index (χ1v) is 5.00. The molecule has 0 radical (unpaired) electrons. The fraction of sp³-hybridized carbons (Fsp3) is 0.800. The van der Waals surface area contributed by atoms with E-state index in [1.165, 1.54) is 7.11 Å². The predicted molar refractivity (Wildman–Crippen MR) is 58.8 cm³/mol.